The third kappa shape index (κ3) is 6.86. The maximum atomic E-state index is 10.8. The fraction of sp³-hybridized carbons (Fsp3) is 0.900. The molecule has 0 heterocycles. The van der Waals surface area contributed by atoms with Crippen molar-refractivity contribution in [3.63, 3.8) is 0 Å². The van der Waals surface area contributed by atoms with Crippen molar-refractivity contribution in [3.05, 3.63) is 0 Å². The fourth-order valence-corrected chi connectivity index (χ4v) is 1.19. The average molecular weight is 202 g/mol. The highest BCUT2D eigenvalue weighted by Crippen LogP contribution is 1.96. The van der Waals surface area contributed by atoms with Crippen molar-refractivity contribution in [1.82, 2.24) is 5.32 Å². The average Bonchev–Trinajstić information content (AvgIpc) is 2.16. The Kier molecular flexibility index (Phi) is 8.57. The van der Waals surface area contributed by atoms with Crippen molar-refractivity contribution in [3.8, 4) is 0 Å². The van der Waals surface area contributed by atoms with Crippen LogP contribution in [-0.2, 0) is 9.53 Å². The number of likely N-dealkylation sites (N-methyl/N-ethyl adjacent to an activating group) is 1. The Labute approximate surface area is 86.2 Å². The van der Waals surface area contributed by atoms with Gasteiger partial charge in [-0.05, 0) is 19.9 Å². The van der Waals surface area contributed by atoms with Crippen LogP contribution in [0.25, 0.3) is 0 Å². The molecule has 0 saturated carbocycles. The summed E-state index contributed by atoms with van der Waals surface area (Å²) in [6.07, 6.45) is 4.14. The molecular formula is C10H22N2O2. The normalized spacial score (nSPS) is 12.7. The zero-order valence-corrected chi connectivity index (χ0v) is 9.21. The van der Waals surface area contributed by atoms with E-state index in [2.05, 4.69) is 12.2 Å². The Balaban J connectivity index is 3.29. The molecule has 0 radical (unpaired) electrons. The van der Waals surface area contributed by atoms with Crippen LogP contribution in [0.3, 0.4) is 0 Å². The van der Waals surface area contributed by atoms with Gasteiger partial charge < -0.3 is 15.8 Å². The molecule has 0 bridgehead atoms. The molecule has 1 unspecified atom stereocenters. The molecule has 84 valence electrons. The van der Waals surface area contributed by atoms with Crippen LogP contribution in [0.5, 0.6) is 0 Å². The van der Waals surface area contributed by atoms with Crippen LogP contribution in [0.15, 0.2) is 0 Å². The topological polar surface area (TPSA) is 64.3 Å². The zero-order valence-electron chi connectivity index (χ0n) is 9.21. The molecule has 14 heavy (non-hydrogen) atoms. The molecule has 0 saturated heterocycles. The van der Waals surface area contributed by atoms with Crippen LogP contribution >= 0.6 is 0 Å². The van der Waals surface area contributed by atoms with Crippen molar-refractivity contribution in [2.75, 3.05) is 20.3 Å². The third-order valence-corrected chi connectivity index (χ3v) is 2.13. The van der Waals surface area contributed by atoms with Crippen LogP contribution in [0.2, 0.25) is 0 Å². The van der Waals surface area contributed by atoms with Crippen LogP contribution in [0.4, 0.5) is 0 Å². The molecule has 0 aliphatic carbocycles. The lowest BCUT2D eigenvalue weighted by molar-refractivity contribution is -0.120. The largest absolute Gasteiger partial charge is 0.381 e. The number of hydrogen-bond donors (Lipinski definition) is 2. The number of primary amides is 1. The van der Waals surface area contributed by atoms with Crippen molar-refractivity contribution < 1.29 is 9.53 Å². The standard InChI is InChI=1S/C10H22N2O2/c1-3-4-5-7-14-8-6-9(12-2)10(11)13/h9,12H,3-8H2,1-2H3,(H2,11,13). The van der Waals surface area contributed by atoms with Crippen molar-refractivity contribution >= 4 is 5.91 Å². The van der Waals surface area contributed by atoms with Gasteiger partial charge in [0.2, 0.25) is 5.91 Å². The van der Waals surface area contributed by atoms with Gasteiger partial charge in [0.05, 0.1) is 6.04 Å². The highest BCUT2D eigenvalue weighted by molar-refractivity contribution is 5.79. The molecule has 4 nitrogen and oxygen atoms in total. The van der Waals surface area contributed by atoms with Crippen molar-refractivity contribution in [1.29, 1.82) is 0 Å². The third-order valence-electron chi connectivity index (χ3n) is 2.13. The van der Waals surface area contributed by atoms with Gasteiger partial charge in [-0.15, -0.1) is 0 Å². The first-order valence-electron chi connectivity index (χ1n) is 5.26. The Morgan fingerprint density at radius 3 is 2.64 bits per heavy atom. The van der Waals surface area contributed by atoms with E-state index in [0.717, 1.165) is 13.0 Å². The summed E-state index contributed by atoms with van der Waals surface area (Å²) in [5.41, 5.74) is 5.15. The first kappa shape index (κ1) is 13.4. The van der Waals surface area contributed by atoms with Crippen molar-refractivity contribution in [2.45, 2.75) is 38.6 Å². The van der Waals surface area contributed by atoms with E-state index in [1.807, 2.05) is 0 Å². The van der Waals surface area contributed by atoms with Crippen molar-refractivity contribution in [2.24, 2.45) is 5.73 Å². The highest BCUT2D eigenvalue weighted by atomic mass is 16.5. The summed E-state index contributed by atoms with van der Waals surface area (Å²) in [7, 11) is 1.73. The Morgan fingerprint density at radius 2 is 2.14 bits per heavy atom. The summed E-state index contributed by atoms with van der Waals surface area (Å²) in [5.74, 6) is -0.315. The number of nitrogens with two attached hydrogens (primary N) is 1. The van der Waals surface area contributed by atoms with Gasteiger partial charge in [0.25, 0.3) is 0 Å². The second-order valence-corrected chi connectivity index (χ2v) is 3.35. The van der Waals surface area contributed by atoms with E-state index < -0.39 is 0 Å². The number of nitrogens with one attached hydrogen (secondary N) is 1. The summed E-state index contributed by atoms with van der Waals surface area (Å²) >= 11 is 0. The molecule has 1 atom stereocenters. The van der Waals surface area contributed by atoms with E-state index in [9.17, 15) is 4.79 Å². The summed E-state index contributed by atoms with van der Waals surface area (Å²) in [5, 5.41) is 2.85. The van der Waals surface area contributed by atoms with E-state index in [4.69, 9.17) is 10.5 Å². The lowest BCUT2D eigenvalue weighted by Crippen LogP contribution is -2.39. The van der Waals surface area contributed by atoms with Gasteiger partial charge in [-0.2, -0.15) is 0 Å². The fourth-order valence-electron chi connectivity index (χ4n) is 1.19. The molecule has 0 aliphatic rings. The van der Waals surface area contributed by atoms with Gasteiger partial charge in [-0.25, -0.2) is 0 Å². The summed E-state index contributed by atoms with van der Waals surface area (Å²) in [4.78, 5) is 10.8. The first-order valence-corrected chi connectivity index (χ1v) is 5.26. The lowest BCUT2D eigenvalue weighted by Gasteiger charge is -2.11. The predicted molar refractivity (Wildman–Crippen MR) is 57.0 cm³/mol. The minimum absolute atomic E-state index is 0.263. The smallest absolute Gasteiger partial charge is 0.234 e. The van der Waals surface area contributed by atoms with E-state index >= 15 is 0 Å². The molecule has 3 N–H and O–H groups in total. The van der Waals surface area contributed by atoms with Gasteiger partial charge in [0.15, 0.2) is 0 Å². The van der Waals surface area contributed by atoms with Crippen LogP contribution in [0, 0.1) is 0 Å². The van der Waals surface area contributed by atoms with E-state index in [0.29, 0.717) is 13.0 Å². The number of hydrogen-bond acceptors (Lipinski definition) is 3. The molecule has 0 aromatic carbocycles. The Bertz CT molecular complexity index is 151. The van der Waals surface area contributed by atoms with Gasteiger partial charge in [0.1, 0.15) is 0 Å². The maximum Gasteiger partial charge on any atom is 0.234 e. The molecule has 0 spiro atoms. The number of ether oxygens (including phenoxy) is 1. The second-order valence-electron chi connectivity index (χ2n) is 3.35. The summed E-state index contributed by atoms with van der Waals surface area (Å²) in [6, 6.07) is -0.263. The van der Waals surface area contributed by atoms with Gasteiger partial charge in [-0.1, -0.05) is 19.8 Å². The summed E-state index contributed by atoms with van der Waals surface area (Å²) < 4.78 is 5.37. The minimum Gasteiger partial charge on any atom is -0.381 e. The SMILES string of the molecule is CCCCCOCCC(NC)C(N)=O. The number of carbonyl (C=O) groups excluding carboxylic acids is 1. The molecule has 4 heteroatoms. The second kappa shape index (κ2) is 8.97. The highest BCUT2D eigenvalue weighted by Gasteiger charge is 2.11. The van der Waals surface area contributed by atoms with Crippen LogP contribution in [-0.4, -0.2) is 32.2 Å². The molecule has 0 fully saturated rings. The van der Waals surface area contributed by atoms with Gasteiger partial charge >= 0.3 is 0 Å². The van der Waals surface area contributed by atoms with E-state index in [-0.39, 0.29) is 11.9 Å². The quantitative estimate of drug-likeness (QED) is 0.540. The van der Waals surface area contributed by atoms with Crippen LogP contribution < -0.4 is 11.1 Å². The lowest BCUT2D eigenvalue weighted by atomic mass is 10.2. The van der Waals surface area contributed by atoms with Gasteiger partial charge in [0, 0.05) is 13.2 Å². The Hall–Kier alpha value is -0.610. The molecule has 0 aromatic rings. The van der Waals surface area contributed by atoms with Gasteiger partial charge in [-0.3, -0.25) is 4.79 Å². The Morgan fingerprint density at radius 1 is 1.43 bits per heavy atom. The molecule has 0 aromatic heterocycles. The van der Waals surface area contributed by atoms with Crippen LogP contribution in [0.1, 0.15) is 32.6 Å². The number of amides is 1. The predicted octanol–water partition coefficient (Wildman–Crippen LogP) is 0.657. The van der Waals surface area contributed by atoms with E-state index in [1.54, 1.807) is 7.05 Å². The number of carbonyl (C=O) groups is 1. The number of rotatable bonds is 9. The monoisotopic (exact) mass is 202 g/mol. The molecule has 0 rings (SSSR count). The first-order chi connectivity index (χ1) is 6.72. The molecule has 0 aliphatic heterocycles. The minimum atomic E-state index is -0.315. The van der Waals surface area contributed by atoms with E-state index in [1.165, 1.54) is 12.8 Å². The number of unbranched alkanes of at least 4 members (excludes halogenated alkanes) is 2. The maximum absolute atomic E-state index is 10.8. The molecule has 1 amide bonds. The zero-order chi connectivity index (χ0) is 10.8. The summed E-state index contributed by atoms with van der Waals surface area (Å²) in [6.45, 7) is 3.53. The molecular weight excluding hydrogens is 180 g/mol.